The number of alkyl halides is 3. The van der Waals surface area contributed by atoms with Crippen LogP contribution in [0.2, 0.25) is 5.02 Å². The summed E-state index contributed by atoms with van der Waals surface area (Å²) in [5.41, 5.74) is -4.17. The Morgan fingerprint density at radius 1 is 1.20 bits per heavy atom. The molecule has 0 radical (unpaired) electrons. The molecule has 0 atom stereocenters. The summed E-state index contributed by atoms with van der Waals surface area (Å²) in [6, 6.07) is 3.82. The molecule has 30 heavy (non-hydrogen) atoms. The smallest absolute Gasteiger partial charge is 0.334 e. The first kappa shape index (κ1) is 23.4. The van der Waals surface area contributed by atoms with Crippen molar-refractivity contribution < 1.29 is 23.0 Å². The minimum absolute atomic E-state index is 0.0434. The molecule has 2 rings (SSSR count). The zero-order valence-corrected chi connectivity index (χ0v) is 17.6. The second kappa shape index (κ2) is 8.45. The molecule has 0 fully saturated rings. The van der Waals surface area contributed by atoms with E-state index in [0.717, 1.165) is 4.90 Å². The van der Waals surface area contributed by atoms with Crippen molar-refractivity contribution in [1.82, 2.24) is 0 Å². The second-order valence-electron chi connectivity index (χ2n) is 5.92. The predicted molar refractivity (Wildman–Crippen MR) is 106 cm³/mol. The Labute approximate surface area is 180 Å². The summed E-state index contributed by atoms with van der Waals surface area (Å²) >= 11 is 9.41. The normalized spacial score (nSPS) is 11.1. The van der Waals surface area contributed by atoms with E-state index in [4.69, 9.17) is 11.6 Å². The van der Waals surface area contributed by atoms with Gasteiger partial charge in [-0.05, 0) is 41.4 Å². The summed E-state index contributed by atoms with van der Waals surface area (Å²) in [5, 5.41) is 31.7. The van der Waals surface area contributed by atoms with Crippen LogP contribution in [0, 0.1) is 38.5 Å². The van der Waals surface area contributed by atoms with Gasteiger partial charge in [0.05, 0.1) is 43.8 Å². The molecule has 0 amide bonds. The van der Waals surface area contributed by atoms with Crippen molar-refractivity contribution in [2.45, 2.75) is 20.0 Å². The van der Waals surface area contributed by atoms with Gasteiger partial charge in [-0.3, -0.25) is 20.2 Å². The molecule has 0 aliphatic rings. The molecule has 2 aromatic carbocycles. The van der Waals surface area contributed by atoms with E-state index in [2.05, 4.69) is 15.9 Å². The Bertz CT molecular complexity index is 1100. The molecule has 0 aliphatic heterocycles. The van der Waals surface area contributed by atoms with Crippen LogP contribution in [0.15, 0.2) is 22.7 Å². The number of hydrogen-bond donors (Lipinski definition) is 0. The van der Waals surface area contributed by atoms with Gasteiger partial charge >= 0.3 is 6.18 Å². The Hall–Kier alpha value is -2.91. The van der Waals surface area contributed by atoms with Gasteiger partial charge in [0.15, 0.2) is 0 Å². The Kier molecular flexibility index (Phi) is 6.58. The first-order valence-electron chi connectivity index (χ1n) is 8.05. The number of nitrogens with zero attached hydrogens (tertiary/aromatic N) is 4. The van der Waals surface area contributed by atoms with Gasteiger partial charge in [-0.1, -0.05) is 11.6 Å². The highest BCUT2D eigenvalue weighted by Gasteiger charge is 2.42. The summed E-state index contributed by atoms with van der Waals surface area (Å²) < 4.78 is 41.5. The van der Waals surface area contributed by atoms with E-state index in [0.29, 0.717) is 11.6 Å². The molecular formula is C17H11BrClF3N4O4. The maximum absolute atomic E-state index is 13.8. The van der Waals surface area contributed by atoms with Crippen LogP contribution < -0.4 is 4.90 Å². The molecule has 0 spiro atoms. The fraction of sp³-hybridized carbons (Fsp3) is 0.235. The van der Waals surface area contributed by atoms with Gasteiger partial charge in [-0.2, -0.15) is 18.4 Å². The van der Waals surface area contributed by atoms with Crippen LogP contribution in [0.25, 0.3) is 0 Å². The van der Waals surface area contributed by atoms with Gasteiger partial charge in [0.1, 0.15) is 5.69 Å². The number of halogens is 5. The van der Waals surface area contributed by atoms with Crippen LogP contribution in [0.3, 0.4) is 0 Å². The highest BCUT2D eigenvalue weighted by atomic mass is 79.9. The lowest BCUT2D eigenvalue weighted by atomic mass is 10.0. The Balaban J connectivity index is 3.01. The molecule has 0 N–H and O–H groups in total. The van der Waals surface area contributed by atoms with Crippen molar-refractivity contribution in [3.05, 3.63) is 64.6 Å². The predicted octanol–water partition coefficient (Wildman–Crippen LogP) is 6.28. The van der Waals surface area contributed by atoms with Crippen molar-refractivity contribution in [3.63, 3.8) is 0 Å². The first-order valence-corrected chi connectivity index (χ1v) is 9.22. The summed E-state index contributed by atoms with van der Waals surface area (Å²) in [6.45, 7) is 2.75. The van der Waals surface area contributed by atoms with E-state index in [9.17, 15) is 38.7 Å². The zero-order valence-electron chi connectivity index (χ0n) is 15.3. The van der Waals surface area contributed by atoms with Crippen molar-refractivity contribution in [2.75, 3.05) is 11.4 Å². The number of nitro groups is 2. The number of benzene rings is 2. The maximum atomic E-state index is 13.8. The van der Waals surface area contributed by atoms with Crippen molar-refractivity contribution in [1.29, 1.82) is 5.26 Å². The van der Waals surface area contributed by atoms with Gasteiger partial charge < -0.3 is 4.90 Å². The fourth-order valence-electron chi connectivity index (χ4n) is 2.84. The summed E-state index contributed by atoms with van der Waals surface area (Å²) in [7, 11) is 0. The van der Waals surface area contributed by atoms with Gasteiger partial charge in [0, 0.05) is 17.1 Å². The molecule has 0 unspecified atom stereocenters. The summed E-state index contributed by atoms with van der Waals surface area (Å²) in [4.78, 5) is 21.3. The monoisotopic (exact) mass is 506 g/mol. The van der Waals surface area contributed by atoms with E-state index in [1.807, 2.05) is 6.07 Å². The third-order valence-electron chi connectivity index (χ3n) is 4.20. The van der Waals surface area contributed by atoms with Crippen molar-refractivity contribution in [3.8, 4) is 6.07 Å². The van der Waals surface area contributed by atoms with Crippen LogP contribution in [0.5, 0.6) is 0 Å². The van der Waals surface area contributed by atoms with Crippen LogP contribution >= 0.6 is 27.5 Å². The summed E-state index contributed by atoms with van der Waals surface area (Å²) in [5.74, 6) is 0. The number of rotatable bonds is 5. The molecule has 8 nitrogen and oxygen atoms in total. The average Bonchev–Trinajstić information content (AvgIpc) is 2.66. The minimum Gasteiger partial charge on any atom is -0.334 e. The third kappa shape index (κ3) is 4.17. The minimum atomic E-state index is -5.14. The Morgan fingerprint density at radius 2 is 1.80 bits per heavy atom. The lowest BCUT2D eigenvalue weighted by Gasteiger charge is -2.28. The van der Waals surface area contributed by atoms with Crippen molar-refractivity contribution in [2.24, 2.45) is 0 Å². The number of non-ortho nitro benzene ring substituents is 1. The van der Waals surface area contributed by atoms with Gasteiger partial charge in [-0.15, -0.1) is 0 Å². The van der Waals surface area contributed by atoms with E-state index >= 15 is 0 Å². The standard InChI is InChI=1S/C17H11BrClF3N4O4/c1-3-24(16-12(19)4-9(7-23)8(2)14(16)18)15-11(17(20,21)22)5-10(25(27)28)6-13(15)26(29)30/h4-6H,3H2,1-2H3. The van der Waals surface area contributed by atoms with E-state index in [1.165, 1.54) is 19.9 Å². The molecule has 0 heterocycles. The van der Waals surface area contributed by atoms with Crippen LogP contribution in [-0.4, -0.2) is 16.4 Å². The zero-order chi connectivity index (χ0) is 23.0. The highest BCUT2D eigenvalue weighted by Crippen LogP contribution is 2.49. The van der Waals surface area contributed by atoms with Crippen molar-refractivity contribution >= 4 is 50.3 Å². The van der Waals surface area contributed by atoms with E-state index < -0.39 is 38.6 Å². The number of nitriles is 1. The quantitative estimate of drug-likeness (QED) is 0.348. The lowest BCUT2D eigenvalue weighted by molar-refractivity contribution is -0.394. The number of anilines is 2. The molecule has 0 aliphatic carbocycles. The summed E-state index contributed by atoms with van der Waals surface area (Å²) in [6.07, 6.45) is -5.14. The average molecular weight is 508 g/mol. The molecular weight excluding hydrogens is 497 g/mol. The number of nitro benzene ring substituents is 2. The second-order valence-corrected chi connectivity index (χ2v) is 7.12. The fourth-order valence-corrected chi connectivity index (χ4v) is 3.91. The first-order chi connectivity index (χ1) is 13.8. The molecule has 0 saturated carbocycles. The van der Waals surface area contributed by atoms with Gasteiger partial charge in [-0.25, -0.2) is 0 Å². The lowest BCUT2D eigenvalue weighted by Crippen LogP contribution is -2.23. The maximum Gasteiger partial charge on any atom is 0.418 e. The molecule has 0 aromatic heterocycles. The molecule has 0 saturated heterocycles. The molecule has 0 bridgehead atoms. The topological polar surface area (TPSA) is 113 Å². The molecule has 13 heteroatoms. The van der Waals surface area contributed by atoms with Gasteiger partial charge in [0.2, 0.25) is 0 Å². The molecule has 2 aromatic rings. The third-order valence-corrected chi connectivity index (χ3v) is 5.46. The van der Waals surface area contributed by atoms with Crippen LogP contribution in [-0.2, 0) is 6.18 Å². The highest BCUT2D eigenvalue weighted by molar-refractivity contribution is 9.10. The number of hydrogen-bond acceptors (Lipinski definition) is 6. The van der Waals surface area contributed by atoms with Gasteiger partial charge in [0.25, 0.3) is 11.4 Å². The largest absolute Gasteiger partial charge is 0.418 e. The Morgan fingerprint density at radius 3 is 2.23 bits per heavy atom. The SMILES string of the molecule is CCN(c1c([N+](=O)[O-])cc([N+](=O)[O-])cc1C(F)(F)F)c1c(Cl)cc(C#N)c(C)c1Br. The van der Waals surface area contributed by atoms with E-state index in [1.54, 1.807) is 0 Å². The van der Waals surface area contributed by atoms with E-state index in [-0.39, 0.29) is 33.4 Å². The van der Waals surface area contributed by atoms with Crippen LogP contribution in [0.4, 0.5) is 35.9 Å². The molecule has 158 valence electrons. The van der Waals surface area contributed by atoms with Crippen LogP contribution in [0.1, 0.15) is 23.6 Å².